The average Bonchev–Trinajstić information content (AvgIpc) is 3.22. The number of rotatable bonds is 9. The van der Waals surface area contributed by atoms with E-state index < -0.39 is 6.09 Å². The van der Waals surface area contributed by atoms with Crippen molar-refractivity contribution in [3.63, 3.8) is 0 Å². The number of alkyl carbamates (subject to hydrolysis) is 1. The molecule has 3 aromatic rings. The van der Waals surface area contributed by atoms with Crippen LogP contribution in [0.4, 0.5) is 10.5 Å². The largest absolute Gasteiger partial charge is 0.448 e. The number of amides is 2. The topological polar surface area (TPSA) is 120 Å². The number of nitrogens with zero attached hydrogens (tertiary/aromatic N) is 3. The van der Waals surface area contributed by atoms with Crippen molar-refractivity contribution in [3.8, 4) is 0 Å². The summed E-state index contributed by atoms with van der Waals surface area (Å²) in [6, 6.07) is 12.9. The van der Waals surface area contributed by atoms with E-state index in [1.54, 1.807) is 11.1 Å². The maximum absolute atomic E-state index is 13.1. The van der Waals surface area contributed by atoms with E-state index in [0.29, 0.717) is 29.9 Å². The summed E-state index contributed by atoms with van der Waals surface area (Å²) in [5, 5.41) is 19.2. The third-order valence-corrected chi connectivity index (χ3v) is 4.55. The average molecular weight is 423 g/mol. The van der Waals surface area contributed by atoms with Crippen LogP contribution in [0, 0.1) is 0 Å². The molecule has 3 N–H and O–H groups in total. The number of para-hydroxylation sites is 1. The number of pyridine rings is 1. The van der Waals surface area contributed by atoms with Crippen LogP contribution in [0.1, 0.15) is 19.0 Å². The van der Waals surface area contributed by atoms with Crippen molar-refractivity contribution in [2.45, 2.75) is 13.3 Å². The summed E-state index contributed by atoms with van der Waals surface area (Å²) in [5.41, 5.74) is 2.71. The lowest BCUT2D eigenvalue weighted by molar-refractivity contribution is -0.114. The molecule has 0 fully saturated rings. The van der Waals surface area contributed by atoms with Crippen LogP contribution in [0.2, 0.25) is 0 Å². The van der Waals surface area contributed by atoms with Gasteiger partial charge in [-0.25, -0.2) is 9.78 Å². The third-order valence-electron chi connectivity index (χ3n) is 4.55. The molecule has 0 radical (unpaired) electrons. The first-order chi connectivity index (χ1) is 15.1. The number of aromatic nitrogens is 3. The molecule has 3 rings (SSSR count). The number of aliphatic hydroxyl groups excluding tert-OH is 1. The van der Waals surface area contributed by atoms with Gasteiger partial charge < -0.3 is 20.1 Å². The Morgan fingerprint density at radius 1 is 1.23 bits per heavy atom. The molecule has 162 valence electrons. The van der Waals surface area contributed by atoms with Gasteiger partial charge in [0.05, 0.1) is 12.2 Å². The maximum Gasteiger partial charge on any atom is 0.407 e. The Morgan fingerprint density at radius 3 is 2.81 bits per heavy atom. The quantitative estimate of drug-likeness (QED) is 0.359. The number of fused-ring (bicyclic) bond motifs is 1. The Balaban J connectivity index is 1.72. The number of aromatic amines is 1. The van der Waals surface area contributed by atoms with Gasteiger partial charge in [-0.3, -0.25) is 9.89 Å². The van der Waals surface area contributed by atoms with Crippen molar-refractivity contribution in [3.05, 3.63) is 60.4 Å². The predicted molar refractivity (Wildman–Crippen MR) is 117 cm³/mol. The van der Waals surface area contributed by atoms with Crippen LogP contribution < -0.4 is 10.2 Å². The summed E-state index contributed by atoms with van der Waals surface area (Å²) in [4.78, 5) is 30.5. The number of anilines is 1. The molecule has 0 aliphatic rings. The van der Waals surface area contributed by atoms with Gasteiger partial charge in [0.2, 0.25) is 0 Å². The molecule has 9 nitrogen and oxygen atoms in total. The van der Waals surface area contributed by atoms with E-state index in [-0.39, 0.29) is 25.7 Å². The fraction of sp³-hybridized carbons (Fsp3) is 0.273. The van der Waals surface area contributed by atoms with Gasteiger partial charge in [-0.1, -0.05) is 18.2 Å². The van der Waals surface area contributed by atoms with E-state index in [2.05, 4.69) is 20.5 Å². The van der Waals surface area contributed by atoms with E-state index in [1.807, 2.05) is 49.4 Å². The molecule has 9 heteroatoms. The Hall–Kier alpha value is -3.72. The first-order valence-electron chi connectivity index (χ1n) is 9.96. The normalized spacial score (nSPS) is 11.4. The van der Waals surface area contributed by atoms with Crippen LogP contribution in [0.25, 0.3) is 16.6 Å². The first kappa shape index (κ1) is 22.0. The minimum Gasteiger partial charge on any atom is -0.448 e. The number of benzene rings is 1. The number of hydrogen-bond acceptors (Lipinski definition) is 6. The van der Waals surface area contributed by atoms with Crippen molar-refractivity contribution < 1.29 is 19.4 Å². The molecular weight excluding hydrogens is 398 g/mol. The number of carbonyl (C=O) groups excluding carboxylic acids is 2. The number of aliphatic hydroxyl groups is 1. The molecule has 0 bridgehead atoms. The molecule has 0 aliphatic carbocycles. The van der Waals surface area contributed by atoms with E-state index >= 15 is 0 Å². The van der Waals surface area contributed by atoms with Crippen molar-refractivity contribution in [1.29, 1.82) is 0 Å². The Labute approximate surface area is 179 Å². The smallest absolute Gasteiger partial charge is 0.407 e. The van der Waals surface area contributed by atoms with Gasteiger partial charge in [0, 0.05) is 36.5 Å². The molecule has 2 aromatic heterocycles. The van der Waals surface area contributed by atoms with Crippen LogP contribution in [0.5, 0.6) is 0 Å². The molecule has 31 heavy (non-hydrogen) atoms. The number of nitrogens with one attached hydrogen (secondary N) is 2. The lowest BCUT2D eigenvalue weighted by Gasteiger charge is -2.21. The van der Waals surface area contributed by atoms with Gasteiger partial charge in [0.15, 0.2) is 5.65 Å². The Bertz CT molecular complexity index is 1050. The van der Waals surface area contributed by atoms with Gasteiger partial charge in [-0.15, -0.1) is 0 Å². The van der Waals surface area contributed by atoms with Gasteiger partial charge >= 0.3 is 6.09 Å². The summed E-state index contributed by atoms with van der Waals surface area (Å²) < 4.78 is 5.15. The van der Waals surface area contributed by atoms with Gasteiger partial charge in [0.1, 0.15) is 6.61 Å². The molecule has 2 heterocycles. The monoisotopic (exact) mass is 423 g/mol. The van der Waals surface area contributed by atoms with Gasteiger partial charge in [0.25, 0.3) is 5.91 Å². The Kier molecular flexibility index (Phi) is 7.72. The zero-order valence-electron chi connectivity index (χ0n) is 17.2. The maximum atomic E-state index is 13.1. The number of hydrogen-bond donors (Lipinski definition) is 3. The standard InChI is InChI=1S/C22H25N5O4/c1-16(20-18-9-5-10-23-21(18)26-25-20)15-19(29)27(17-7-3-2-4-8-17)12-14-31-22(30)24-11-6-13-28/h2-5,7-10,15,28H,6,11-14H2,1H3,(H,24,30)(H,23,25,26)/b16-15+. The van der Waals surface area contributed by atoms with Crippen LogP contribution in [-0.4, -0.2) is 58.6 Å². The Morgan fingerprint density at radius 2 is 2.03 bits per heavy atom. The fourth-order valence-corrected chi connectivity index (χ4v) is 3.01. The van der Waals surface area contributed by atoms with Crippen molar-refractivity contribution in [2.75, 3.05) is 31.2 Å². The number of allylic oxidation sites excluding steroid dienone is 1. The summed E-state index contributed by atoms with van der Waals surface area (Å²) in [6.45, 7) is 2.35. The van der Waals surface area contributed by atoms with Crippen LogP contribution in [0.15, 0.2) is 54.7 Å². The zero-order chi connectivity index (χ0) is 22.1. The summed E-state index contributed by atoms with van der Waals surface area (Å²) in [7, 11) is 0. The summed E-state index contributed by atoms with van der Waals surface area (Å²) >= 11 is 0. The van der Waals surface area contributed by atoms with Crippen LogP contribution >= 0.6 is 0 Å². The second-order valence-corrected chi connectivity index (χ2v) is 6.77. The van der Waals surface area contributed by atoms with Crippen molar-refractivity contribution in [2.24, 2.45) is 0 Å². The predicted octanol–water partition coefficient (Wildman–Crippen LogP) is 2.50. The summed E-state index contributed by atoms with van der Waals surface area (Å²) in [6.07, 6.45) is 3.05. The second kappa shape index (κ2) is 10.9. The fourth-order valence-electron chi connectivity index (χ4n) is 3.01. The molecule has 1 aromatic carbocycles. The number of H-pyrrole nitrogens is 1. The zero-order valence-corrected chi connectivity index (χ0v) is 17.2. The van der Waals surface area contributed by atoms with Crippen LogP contribution in [0.3, 0.4) is 0 Å². The highest BCUT2D eigenvalue weighted by atomic mass is 16.5. The lowest BCUT2D eigenvalue weighted by Crippen LogP contribution is -2.35. The highest BCUT2D eigenvalue weighted by molar-refractivity contribution is 6.06. The molecule has 0 atom stereocenters. The van der Waals surface area contributed by atoms with E-state index in [9.17, 15) is 9.59 Å². The van der Waals surface area contributed by atoms with E-state index in [0.717, 1.165) is 11.1 Å². The SMILES string of the molecule is C/C(=C\C(=O)N(CCOC(=O)NCCCO)c1ccccc1)c1[nH]nc2ncccc12. The van der Waals surface area contributed by atoms with Gasteiger partial charge in [-0.2, -0.15) is 5.10 Å². The molecule has 0 unspecified atom stereocenters. The second-order valence-electron chi connectivity index (χ2n) is 6.77. The minimum absolute atomic E-state index is 0.00999. The van der Waals surface area contributed by atoms with E-state index in [1.165, 1.54) is 6.08 Å². The van der Waals surface area contributed by atoms with E-state index in [4.69, 9.17) is 9.84 Å². The summed E-state index contributed by atoms with van der Waals surface area (Å²) in [5.74, 6) is -0.250. The van der Waals surface area contributed by atoms with Crippen molar-refractivity contribution in [1.82, 2.24) is 20.5 Å². The highest BCUT2D eigenvalue weighted by Gasteiger charge is 2.16. The first-order valence-corrected chi connectivity index (χ1v) is 9.96. The lowest BCUT2D eigenvalue weighted by atomic mass is 10.1. The van der Waals surface area contributed by atoms with Crippen LogP contribution in [-0.2, 0) is 9.53 Å². The molecule has 0 saturated heterocycles. The van der Waals surface area contributed by atoms with Crippen molar-refractivity contribution >= 4 is 34.3 Å². The molecular formula is C22H25N5O4. The van der Waals surface area contributed by atoms with Gasteiger partial charge in [-0.05, 0) is 43.2 Å². The molecule has 0 saturated carbocycles. The molecule has 0 aliphatic heterocycles. The number of ether oxygens (including phenoxy) is 1. The molecule has 2 amide bonds. The molecule has 0 spiro atoms. The number of carbonyl (C=O) groups is 2. The third kappa shape index (κ3) is 5.89. The minimum atomic E-state index is -0.586. The highest BCUT2D eigenvalue weighted by Crippen LogP contribution is 2.22.